The Bertz CT molecular complexity index is 537. The fourth-order valence-corrected chi connectivity index (χ4v) is 2.12. The topological polar surface area (TPSA) is 53.1 Å². The van der Waals surface area contributed by atoms with Gasteiger partial charge in [-0.2, -0.15) is 0 Å². The number of hydrogen-bond acceptors (Lipinski definition) is 3. The second kappa shape index (κ2) is 5.42. The molecule has 0 saturated heterocycles. The highest BCUT2D eigenvalue weighted by Crippen LogP contribution is 2.27. The second-order valence-corrected chi connectivity index (χ2v) is 4.56. The molecule has 0 aliphatic heterocycles. The Labute approximate surface area is 111 Å². The number of imidazole rings is 1. The summed E-state index contributed by atoms with van der Waals surface area (Å²) in [6.07, 6.45) is 3.52. The average Bonchev–Trinajstić information content (AvgIpc) is 2.80. The summed E-state index contributed by atoms with van der Waals surface area (Å²) in [5.41, 5.74) is 7.80. The number of nitrogens with two attached hydrogens (primary N) is 1. The van der Waals surface area contributed by atoms with Gasteiger partial charge in [-0.1, -0.05) is 17.7 Å². The van der Waals surface area contributed by atoms with Crippen molar-refractivity contribution in [2.45, 2.75) is 19.5 Å². The van der Waals surface area contributed by atoms with E-state index in [2.05, 4.69) is 4.98 Å². The van der Waals surface area contributed by atoms with E-state index in [0.717, 1.165) is 17.0 Å². The standard InChI is InChI=1S/C13H16ClN3O/c1-9(15)12-6-16-8-17(12)7-10-11(14)4-3-5-13(10)18-2/h3-6,8-9H,7,15H2,1-2H3. The van der Waals surface area contributed by atoms with E-state index in [1.165, 1.54) is 0 Å². The highest BCUT2D eigenvalue weighted by atomic mass is 35.5. The van der Waals surface area contributed by atoms with E-state index in [1.54, 1.807) is 19.6 Å². The third-order valence-electron chi connectivity index (χ3n) is 2.84. The van der Waals surface area contributed by atoms with Gasteiger partial charge in [-0.15, -0.1) is 0 Å². The van der Waals surface area contributed by atoms with Crippen molar-refractivity contribution >= 4 is 11.6 Å². The molecular weight excluding hydrogens is 250 g/mol. The molecule has 0 fully saturated rings. The molecule has 1 atom stereocenters. The fraction of sp³-hybridized carbons (Fsp3) is 0.308. The minimum atomic E-state index is -0.0685. The van der Waals surface area contributed by atoms with Crippen LogP contribution in [-0.2, 0) is 6.54 Å². The quantitative estimate of drug-likeness (QED) is 0.925. The Hall–Kier alpha value is -1.52. The van der Waals surface area contributed by atoms with E-state index in [1.807, 2.05) is 29.7 Å². The molecule has 0 aliphatic rings. The van der Waals surface area contributed by atoms with Gasteiger partial charge in [0.1, 0.15) is 5.75 Å². The van der Waals surface area contributed by atoms with Crippen LogP contribution >= 0.6 is 11.6 Å². The number of methoxy groups -OCH3 is 1. The van der Waals surface area contributed by atoms with E-state index < -0.39 is 0 Å². The third kappa shape index (κ3) is 2.49. The van der Waals surface area contributed by atoms with E-state index in [9.17, 15) is 0 Å². The minimum Gasteiger partial charge on any atom is -0.496 e. The van der Waals surface area contributed by atoms with Crippen LogP contribution in [0.2, 0.25) is 5.02 Å². The van der Waals surface area contributed by atoms with Crippen molar-refractivity contribution in [1.29, 1.82) is 0 Å². The molecule has 2 rings (SSSR count). The lowest BCUT2D eigenvalue weighted by molar-refractivity contribution is 0.408. The summed E-state index contributed by atoms with van der Waals surface area (Å²) >= 11 is 6.21. The monoisotopic (exact) mass is 265 g/mol. The van der Waals surface area contributed by atoms with Crippen LogP contribution in [0.15, 0.2) is 30.7 Å². The normalized spacial score (nSPS) is 12.4. The van der Waals surface area contributed by atoms with Gasteiger partial charge in [0.15, 0.2) is 0 Å². The van der Waals surface area contributed by atoms with E-state index in [-0.39, 0.29) is 6.04 Å². The Morgan fingerprint density at radius 2 is 2.28 bits per heavy atom. The molecule has 96 valence electrons. The van der Waals surface area contributed by atoms with Gasteiger partial charge in [0, 0.05) is 22.8 Å². The molecular formula is C13H16ClN3O. The largest absolute Gasteiger partial charge is 0.496 e. The number of halogens is 1. The number of nitrogens with zero attached hydrogens (tertiary/aromatic N) is 2. The molecule has 1 unspecified atom stereocenters. The first-order valence-corrected chi connectivity index (χ1v) is 6.08. The molecule has 4 nitrogen and oxygen atoms in total. The molecule has 18 heavy (non-hydrogen) atoms. The summed E-state index contributed by atoms with van der Waals surface area (Å²) in [5.74, 6) is 0.770. The van der Waals surface area contributed by atoms with Gasteiger partial charge in [-0.25, -0.2) is 4.98 Å². The molecule has 0 saturated carbocycles. The zero-order valence-electron chi connectivity index (χ0n) is 10.4. The van der Waals surface area contributed by atoms with Gasteiger partial charge in [-0.05, 0) is 19.1 Å². The molecule has 1 aromatic carbocycles. The van der Waals surface area contributed by atoms with Gasteiger partial charge < -0.3 is 15.0 Å². The zero-order chi connectivity index (χ0) is 13.1. The van der Waals surface area contributed by atoms with Crippen molar-refractivity contribution in [3.8, 4) is 5.75 Å². The van der Waals surface area contributed by atoms with E-state index >= 15 is 0 Å². The summed E-state index contributed by atoms with van der Waals surface area (Å²) in [4.78, 5) is 4.12. The molecule has 1 heterocycles. The highest BCUT2D eigenvalue weighted by molar-refractivity contribution is 6.31. The Morgan fingerprint density at radius 1 is 1.50 bits per heavy atom. The average molecular weight is 266 g/mol. The number of benzene rings is 1. The lowest BCUT2D eigenvalue weighted by Gasteiger charge is -2.14. The molecule has 0 amide bonds. The maximum atomic E-state index is 6.21. The summed E-state index contributed by atoms with van der Waals surface area (Å²) in [7, 11) is 1.63. The van der Waals surface area contributed by atoms with Crippen LogP contribution in [0.3, 0.4) is 0 Å². The van der Waals surface area contributed by atoms with Gasteiger partial charge in [-0.3, -0.25) is 0 Å². The van der Waals surface area contributed by atoms with Crippen LogP contribution in [0.4, 0.5) is 0 Å². The van der Waals surface area contributed by atoms with Crippen molar-refractivity contribution in [2.75, 3.05) is 7.11 Å². The maximum Gasteiger partial charge on any atom is 0.125 e. The van der Waals surface area contributed by atoms with Crippen LogP contribution in [0.5, 0.6) is 5.75 Å². The first-order valence-electron chi connectivity index (χ1n) is 5.70. The van der Waals surface area contributed by atoms with Crippen LogP contribution in [-0.4, -0.2) is 16.7 Å². The summed E-state index contributed by atoms with van der Waals surface area (Å²) < 4.78 is 7.31. The summed E-state index contributed by atoms with van der Waals surface area (Å²) in [6.45, 7) is 2.52. The number of hydrogen-bond donors (Lipinski definition) is 1. The minimum absolute atomic E-state index is 0.0685. The van der Waals surface area contributed by atoms with Gasteiger partial charge in [0.2, 0.25) is 0 Å². The second-order valence-electron chi connectivity index (χ2n) is 4.16. The summed E-state index contributed by atoms with van der Waals surface area (Å²) in [5, 5.41) is 0.679. The van der Waals surface area contributed by atoms with Crippen molar-refractivity contribution in [3.63, 3.8) is 0 Å². The Morgan fingerprint density at radius 3 is 2.94 bits per heavy atom. The molecule has 2 aromatic rings. The molecule has 0 spiro atoms. The van der Waals surface area contributed by atoms with Crippen LogP contribution < -0.4 is 10.5 Å². The fourth-order valence-electron chi connectivity index (χ4n) is 1.90. The number of ether oxygens (including phenoxy) is 1. The molecule has 0 aliphatic carbocycles. The van der Waals surface area contributed by atoms with Crippen molar-refractivity contribution < 1.29 is 4.74 Å². The Kier molecular flexibility index (Phi) is 3.89. The lowest BCUT2D eigenvalue weighted by Crippen LogP contribution is -2.13. The van der Waals surface area contributed by atoms with Gasteiger partial charge in [0.25, 0.3) is 0 Å². The Balaban J connectivity index is 2.37. The highest BCUT2D eigenvalue weighted by Gasteiger charge is 2.12. The van der Waals surface area contributed by atoms with Crippen molar-refractivity contribution in [2.24, 2.45) is 5.73 Å². The van der Waals surface area contributed by atoms with E-state index in [4.69, 9.17) is 22.1 Å². The smallest absolute Gasteiger partial charge is 0.125 e. The molecule has 5 heteroatoms. The van der Waals surface area contributed by atoms with Gasteiger partial charge >= 0.3 is 0 Å². The maximum absolute atomic E-state index is 6.21. The summed E-state index contributed by atoms with van der Waals surface area (Å²) in [6, 6.07) is 5.54. The number of rotatable bonds is 4. The van der Waals surface area contributed by atoms with Gasteiger partial charge in [0.05, 0.1) is 25.7 Å². The predicted molar refractivity (Wildman–Crippen MR) is 71.9 cm³/mol. The predicted octanol–water partition coefficient (Wildman–Crippen LogP) is 2.61. The first-order chi connectivity index (χ1) is 8.63. The van der Waals surface area contributed by atoms with Crippen LogP contribution in [0.1, 0.15) is 24.2 Å². The van der Waals surface area contributed by atoms with Crippen LogP contribution in [0, 0.1) is 0 Å². The molecule has 0 radical (unpaired) electrons. The number of aromatic nitrogens is 2. The molecule has 1 aromatic heterocycles. The van der Waals surface area contributed by atoms with Crippen LogP contribution in [0.25, 0.3) is 0 Å². The first kappa shape index (κ1) is 12.9. The lowest BCUT2D eigenvalue weighted by atomic mass is 10.2. The zero-order valence-corrected chi connectivity index (χ0v) is 11.2. The molecule has 0 bridgehead atoms. The van der Waals surface area contributed by atoms with E-state index in [0.29, 0.717) is 11.6 Å². The molecule has 2 N–H and O–H groups in total. The SMILES string of the molecule is COc1cccc(Cl)c1Cn1cncc1C(C)N. The van der Waals surface area contributed by atoms with Crippen molar-refractivity contribution in [3.05, 3.63) is 47.0 Å². The van der Waals surface area contributed by atoms with Crippen molar-refractivity contribution in [1.82, 2.24) is 9.55 Å². The third-order valence-corrected chi connectivity index (χ3v) is 3.19.